The maximum atomic E-state index is 12.7. The molecule has 2 atom stereocenters. The molecular formula is C18H23ClN2O2S. The molecule has 6 heteroatoms. The van der Waals surface area contributed by atoms with Crippen LogP contribution < -0.4 is 5.73 Å². The molecule has 1 heterocycles. The second-order valence-electron chi connectivity index (χ2n) is 6.24. The van der Waals surface area contributed by atoms with Crippen LogP contribution in [-0.2, 0) is 15.8 Å². The molecule has 0 unspecified atom stereocenters. The Kier molecular flexibility index (Phi) is 6.04. The minimum Gasteiger partial charge on any atom is -0.326 e. The third-order valence-electron chi connectivity index (χ3n) is 4.38. The highest BCUT2D eigenvalue weighted by Crippen LogP contribution is 2.29. The van der Waals surface area contributed by atoms with E-state index in [1.165, 1.54) is 4.31 Å². The van der Waals surface area contributed by atoms with E-state index in [0.29, 0.717) is 13.1 Å². The van der Waals surface area contributed by atoms with Crippen LogP contribution in [0.4, 0.5) is 0 Å². The average Bonchev–Trinajstić information content (AvgIpc) is 2.91. The number of hydrogen-bond donors (Lipinski definition) is 1. The monoisotopic (exact) mass is 366 g/mol. The van der Waals surface area contributed by atoms with Gasteiger partial charge >= 0.3 is 0 Å². The summed E-state index contributed by atoms with van der Waals surface area (Å²) in [6, 6.07) is 17.4. The zero-order chi connectivity index (χ0) is 16.4. The Labute approximate surface area is 150 Å². The van der Waals surface area contributed by atoms with Gasteiger partial charge in [0.1, 0.15) is 0 Å². The van der Waals surface area contributed by atoms with Gasteiger partial charge in [0.05, 0.1) is 5.75 Å². The lowest BCUT2D eigenvalue weighted by Gasteiger charge is -2.17. The predicted molar refractivity (Wildman–Crippen MR) is 99.8 cm³/mol. The molecule has 0 aromatic heterocycles. The van der Waals surface area contributed by atoms with Gasteiger partial charge in [-0.3, -0.25) is 0 Å². The number of nitrogens with two attached hydrogens (primary N) is 1. The third kappa shape index (κ3) is 4.16. The van der Waals surface area contributed by atoms with Gasteiger partial charge < -0.3 is 5.73 Å². The molecule has 2 aromatic carbocycles. The van der Waals surface area contributed by atoms with Crippen LogP contribution in [0.25, 0.3) is 0 Å². The van der Waals surface area contributed by atoms with Crippen LogP contribution in [0.2, 0.25) is 0 Å². The summed E-state index contributed by atoms with van der Waals surface area (Å²) >= 11 is 0. The Hall–Kier alpha value is -1.40. The number of benzene rings is 2. The van der Waals surface area contributed by atoms with Crippen molar-refractivity contribution in [3.05, 3.63) is 71.3 Å². The molecule has 1 aliphatic heterocycles. The quantitative estimate of drug-likeness (QED) is 0.904. The van der Waals surface area contributed by atoms with Crippen molar-refractivity contribution in [3.8, 4) is 0 Å². The van der Waals surface area contributed by atoms with E-state index >= 15 is 0 Å². The fourth-order valence-corrected chi connectivity index (χ4v) is 4.75. The van der Waals surface area contributed by atoms with Gasteiger partial charge in [-0.1, -0.05) is 60.2 Å². The lowest BCUT2D eigenvalue weighted by atomic mass is 9.95. The zero-order valence-corrected chi connectivity index (χ0v) is 15.3. The summed E-state index contributed by atoms with van der Waals surface area (Å²) in [6.07, 6.45) is 0. The first kappa shape index (κ1) is 18.9. The number of hydrogen-bond acceptors (Lipinski definition) is 3. The van der Waals surface area contributed by atoms with Gasteiger partial charge in [0, 0.05) is 25.0 Å². The predicted octanol–water partition coefficient (Wildman–Crippen LogP) is 2.67. The summed E-state index contributed by atoms with van der Waals surface area (Å²) in [5.41, 5.74) is 9.20. The van der Waals surface area contributed by atoms with Crippen LogP contribution in [0.5, 0.6) is 0 Å². The van der Waals surface area contributed by atoms with Gasteiger partial charge in [-0.25, -0.2) is 8.42 Å². The van der Waals surface area contributed by atoms with Crippen molar-refractivity contribution < 1.29 is 8.42 Å². The highest BCUT2D eigenvalue weighted by Gasteiger charge is 2.37. The van der Waals surface area contributed by atoms with Gasteiger partial charge in [0.2, 0.25) is 10.0 Å². The summed E-state index contributed by atoms with van der Waals surface area (Å²) in [5, 5.41) is 0. The molecule has 0 saturated carbocycles. The molecule has 0 radical (unpaired) electrons. The number of halogens is 1. The molecule has 0 bridgehead atoms. The topological polar surface area (TPSA) is 63.4 Å². The van der Waals surface area contributed by atoms with Crippen molar-refractivity contribution in [2.24, 2.45) is 5.73 Å². The maximum absolute atomic E-state index is 12.7. The van der Waals surface area contributed by atoms with E-state index in [1.807, 2.05) is 61.5 Å². The van der Waals surface area contributed by atoms with Gasteiger partial charge in [-0.2, -0.15) is 4.31 Å². The molecular weight excluding hydrogens is 344 g/mol. The van der Waals surface area contributed by atoms with E-state index in [4.69, 9.17) is 5.73 Å². The lowest BCUT2D eigenvalue weighted by Crippen LogP contribution is -2.33. The molecule has 0 aliphatic carbocycles. The lowest BCUT2D eigenvalue weighted by molar-refractivity contribution is 0.469. The van der Waals surface area contributed by atoms with Crippen LogP contribution in [0.15, 0.2) is 54.6 Å². The minimum absolute atomic E-state index is 0. The first-order valence-electron chi connectivity index (χ1n) is 7.79. The second-order valence-corrected chi connectivity index (χ2v) is 8.21. The summed E-state index contributed by atoms with van der Waals surface area (Å²) < 4.78 is 27.0. The van der Waals surface area contributed by atoms with Crippen LogP contribution in [0, 0.1) is 6.92 Å². The van der Waals surface area contributed by atoms with Gasteiger partial charge in [-0.05, 0) is 18.1 Å². The fourth-order valence-electron chi connectivity index (χ4n) is 3.18. The number of aryl methyl sites for hydroxylation is 1. The molecule has 4 nitrogen and oxygen atoms in total. The third-order valence-corrected chi connectivity index (χ3v) is 6.17. The largest absolute Gasteiger partial charge is 0.326 e. The van der Waals surface area contributed by atoms with E-state index in [2.05, 4.69) is 0 Å². The highest BCUT2D eigenvalue weighted by molar-refractivity contribution is 7.88. The smallest absolute Gasteiger partial charge is 0.218 e. The summed E-state index contributed by atoms with van der Waals surface area (Å²) in [5.74, 6) is 0.0894. The minimum atomic E-state index is -3.35. The molecule has 3 rings (SSSR count). The fraction of sp³-hybridized carbons (Fsp3) is 0.333. The first-order valence-corrected chi connectivity index (χ1v) is 9.40. The highest BCUT2D eigenvalue weighted by atomic mass is 35.5. The Morgan fingerprint density at radius 2 is 1.79 bits per heavy atom. The Bertz CT molecular complexity index is 781. The molecule has 1 fully saturated rings. The van der Waals surface area contributed by atoms with Gasteiger partial charge in [0.25, 0.3) is 0 Å². The van der Waals surface area contributed by atoms with E-state index in [9.17, 15) is 8.42 Å². The molecule has 1 saturated heterocycles. The van der Waals surface area contributed by atoms with Crippen molar-refractivity contribution >= 4 is 22.4 Å². The Morgan fingerprint density at radius 3 is 2.46 bits per heavy atom. The van der Waals surface area contributed by atoms with Crippen molar-refractivity contribution in [2.75, 3.05) is 13.1 Å². The van der Waals surface area contributed by atoms with Crippen LogP contribution in [0.3, 0.4) is 0 Å². The molecule has 2 N–H and O–H groups in total. The second kappa shape index (κ2) is 7.66. The van der Waals surface area contributed by atoms with E-state index in [0.717, 1.165) is 16.7 Å². The zero-order valence-electron chi connectivity index (χ0n) is 13.6. The van der Waals surface area contributed by atoms with E-state index in [-0.39, 0.29) is 30.1 Å². The van der Waals surface area contributed by atoms with Gasteiger partial charge in [0.15, 0.2) is 0 Å². The molecule has 0 amide bonds. The number of sulfonamides is 1. The molecule has 130 valence electrons. The van der Waals surface area contributed by atoms with Crippen LogP contribution in [0.1, 0.15) is 22.6 Å². The van der Waals surface area contributed by atoms with Crippen molar-refractivity contribution in [1.82, 2.24) is 4.31 Å². The average molecular weight is 367 g/mol. The normalized spacial score (nSPS) is 21.4. The van der Waals surface area contributed by atoms with Crippen molar-refractivity contribution in [1.29, 1.82) is 0 Å². The van der Waals surface area contributed by atoms with Crippen molar-refractivity contribution in [3.63, 3.8) is 0 Å². The summed E-state index contributed by atoms with van der Waals surface area (Å²) in [7, 11) is -3.35. The van der Waals surface area contributed by atoms with Crippen LogP contribution in [-0.4, -0.2) is 31.9 Å². The molecule has 0 spiro atoms. The SMILES string of the molecule is Cc1cccc(CS(=O)(=O)N2C[C@@H](N)[C@H](c3ccccc3)C2)c1.Cl. The number of nitrogens with zero attached hydrogens (tertiary/aromatic N) is 1. The van der Waals surface area contributed by atoms with Crippen LogP contribution >= 0.6 is 12.4 Å². The number of rotatable bonds is 4. The maximum Gasteiger partial charge on any atom is 0.218 e. The molecule has 2 aromatic rings. The molecule has 24 heavy (non-hydrogen) atoms. The Balaban J connectivity index is 0.00000208. The summed E-state index contributed by atoms with van der Waals surface area (Å²) in [6.45, 7) is 2.81. The summed E-state index contributed by atoms with van der Waals surface area (Å²) in [4.78, 5) is 0. The van der Waals surface area contributed by atoms with E-state index < -0.39 is 10.0 Å². The molecule has 1 aliphatic rings. The first-order chi connectivity index (χ1) is 11.0. The Morgan fingerprint density at radius 1 is 1.08 bits per heavy atom. The van der Waals surface area contributed by atoms with Gasteiger partial charge in [-0.15, -0.1) is 12.4 Å². The van der Waals surface area contributed by atoms with E-state index in [1.54, 1.807) is 0 Å². The van der Waals surface area contributed by atoms with Crippen molar-refractivity contribution in [2.45, 2.75) is 24.6 Å². The standard InChI is InChI=1S/C18H22N2O2S.ClH/c1-14-6-5-7-15(10-14)13-23(21,22)20-11-17(18(19)12-20)16-8-3-2-4-9-16;/h2-10,17-18H,11-13,19H2,1H3;1H/t17-,18+;/m0./s1.